The third-order valence-electron chi connectivity index (χ3n) is 3.52. The molecule has 1 saturated heterocycles. The van der Waals surface area contributed by atoms with E-state index in [2.05, 4.69) is 36.1 Å². The van der Waals surface area contributed by atoms with Gasteiger partial charge >= 0.3 is 0 Å². The van der Waals surface area contributed by atoms with E-state index in [4.69, 9.17) is 0 Å². The maximum atomic E-state index is 10.9. The van der Waals surface area contributed by atoms with Crippen LogP contribution in [0.1, 0.15) is 18.9 Å². The highest BCUT2D eigenvalue weighted by molar-refractivity contribution is 5.54. The summed E-state index contributed by atoms with van der Waals surface area (Å²) >= 11 is 0. The summed E-state index contributed by atoms with van der Waals surface area (Å²) in [4.78, 5) is 13.3. The van der Waals surface area contributed by atoms with Crippen LogP contribution in [0.5, 0.6) is 0 Å². The molecule has 2 nitrogen and oxygen atoms in total. The molecular weight excluding hydrogens is 198 g/mol. The first-order valence-corrected chi connectivity index (χ1v) is 6.01. The Morgan fingerprint density at radius 2 is 2.12 bits per heavy atom. The Balaban J connectivity index is 1.94. The largest absolute Gasteiger partial charge is 0.303 e. The summed E-state index contributed by atoms with van der Waals surface area (Å²) in [5, 5.41) is 0. The van der Waals surface area contributed by atoms with Crippen LogP contribution in [0.3, 0.4) is 0 Å². The van der Waals surface area contributed by atoms with E-state index in [0.29, 0.717) is 5.92 Å². The third-order valence-corrected chi connectivity index (χ3v) is 3.52. The van der Waals surface area contributed by atoms with E-state index < -0.39 is 0 Å². The first kappa shape index (κ1) is 11.3. The van der Waals surface area contributed by atoms with Crippen LogP contribution in [-0.2, 0) is 11.3 Å². The zero-order valence-electron chi connectivity index (χ0n) is 9.80. The summed E-state index contributed by atoms with van der Waals surface area (Å²) in [6, 6.07) is 10.5. The number of carbonyl (C=O) groups is 1. The van der Waals surface area contributed by atoms with Gasteiger partial charge < -0.3 is 4.79 Å². The Kier molecular flexibility index (Phi) is 3.73. The highest BCUT2D eigenvalue weighted by Crippen LogP contribution is 2.22. The van der Waals surface area contributed by atoms with Crippen LogP contribution in [0, 0.1) is 11.8 Å². The first-order valence-electron chi connectivity index (χ1n) is 6.01. The Labute approximate surface area is 97.3 Å². The highest BCUT2D eigenvalue weighted by Gasteiger charge is 2.25. The minimum atomic E-state index is 0.220. The van der Waals surface area contributed by atoms with E-state index >= 15 is 0 Å². The van der Waals surface area contributed by atoms with Crippen molar-refractivity contribution in [1.29, 1.82) is 0 Å². The topological polar surface area (TPSA) is 20.3 Å². The van der Waals surface area contributed by atoms with Crippen LogP contribution in [0.15, 0.2) is 30.3 Å². The molecule has 1 fully saturated rings. The fourth-order valence-electron chi connectivity index (χ4n) is 2.33. The van der Waals surface area contributed by atoms with Crippen molar-refractivity contribution in [3.8, 4) is 0 Å². The Morgan fingerprint density at radius 1 is 1.38 bits per heavy atom. The number of hydrogen-bond acceptors (Lipinski definition) is 2. The Hall–Kier alpha value is -1.15. The lowest BCUT2D eigenvalue weighted by Gasteiger charge is -2.34. The molecule has 2 heteroatoms. The molecule has 0 aliphatic carbocycles. The standard InChI is InChI=1S/C14H19NO/c1-12-7-8-15(10-14(12)11-16)9-13-5-3-2-4-6-13/h2-6,11-12,14H,7-10H2,1H3. The summed E-state index contributed by atoms with van der Waals surface area (Å²) in [5.74, 6) is 0.766. The molecule has 0 amide bonds. The van der Waals surface area contributed by atoms with E-state index in [1.165, 1.54) is 5.56 Å². The molecule has 2 unspecified atom stereocenters. The molecule has 1 aliphatic heterocycles. The van der Waals surface area contributed by atoms with Crippen molar-refractivity contribution in [2.75, 3.05) is 13.1 Å². The molecular formula is C14H19NO. The van der Waals surface area contributed by atoms with Crippen LogP contribution in [0.25, 0.3) is 0 Å². The smallest absolute Gasteiger partial charge is 0.124 e. The first-order chi connectivity index (χ1) is 7.79. The minimum absolute atomic E-state index is 0.220. The van der Waals surface area contributed by atoms with Crippen LogP contribution < -0.4 is 0 Å². The summed E-state index contributed by atoms with van der Waals surface area (Å²) < 4.78 is 0. The minimum Gasteiger partial charge on any atom is -0.303 e. The summed E-state index contributed by atoms with van der Waals surface area (Å²) in [6.45, 7) is 5.18. The molecule has 0 radical (unpaired) electrons. The predicted octanol–water partition coefficient (Wildman–Crippen LogP) is 2.34. The number of aldehydes is 1. The van der Waals surface area contributed by atoms with Crippen LogP contribution in [0.2, 0.25) is 0 Å². The second kappa shape index (κ2) is 5.26. The van der Waals surface area contributed by atoms with Crippen LogP contribution >= 0.6 is 0 Å². The van der Waals surface area contributed by atoms with Gasteiger partial charge in [-0.2, -0.15) is 0 Å². The van der Waals surface area contributed by atoms with Gasteiger partial charge in [0.1, 0.15) is 6.29 Å². The average Bonchev–Trinajstić information content (AvgIpc) is 2.33. The number of benzene rings is 1. The van der Waals surface area contributed by atoms with E-state index in [1.807, 2.05) is 6.07 Å². The lowest BCUT2D eigenvalue weighted by molar-refractivity contribution is -0.114. The monoisotopic (exact) mass is 217 g/mol. The predicted molar refractivity (Wildman–Crippen MR) is 65.1 cm³/mol. The molecule has 0 saturated carbocycles. The van der Waals surface area contributed by atoms with E-state index in [9.17, 15) is 4.79 Å². The molecule has 0 bridgehead atoms. The molecule has 0 N–H and O–H groups in total. The number of rotatable bonds is 3. The lowest BCUT2D eigenvalue weighted by atomic mass is 9.88. The molecule has 1 aliphatic rings. The average molecular weight is 217 g/mol. The molecule has 0 spiro atoms. The molecule has 86 valence electrons. The highest BCUT2D eigenvalue weighted by atomic mass is 16.1. The van der Waals surface area contributed by atoms with Gasteiger partial charge in [0.05, 0.1) is 0 Å². The molecule has 1 heterocycles. The van der Waals surface area contributed by atoms with Gasteiger partial charge in [-0.05, 0) is 24.4 Å². The molecule has 16 heavy (non-hydrogen) atoms. The van der Waals surface area contributed by atoms with Gasteiger partial charge in [-0.15, -0.1) is 0 Å². The van der Waals surface area contributed by atoms with Crippen LogP contribution in [-0.4, -0.2) is 24.3 Å². The summed E-state index contributed by atoms with van der Waals surface area (Å²) in [6.07, 6.45) is 2.26. The number of likely N-dealkylation sites (tertiary alicyclic amines) is 1. The Bertz CT molecular complexity index is 336. The van der Waals surface area contributed by atoms with Gasteiger partial charge in [0.2, 0.25) is 0 Å². The SMILES string of the molecule is CC1CCN(Cc2ccccc2)CC1C=O. The second-order valence-electron chi connectivity index (χ2n) is 4.79. The fourth-order valence-corrected chi connectivity index (χ4v) is 2.33. The number of hydrogen-bond donors (Lipinski definition) is 0. The van der Waals surface area contributed by atoms with Crippen LogP contribution in [0.4, 0.5) is 0 Å². The molecule has 1 aromatic rings. The normalized spacial score (nSPS) is 26.6. The lowest BCUT2D eigenvalue weighted by Crippen LogP contribution is -2.39. The number of nitrogens with zero attached hydrogens (tertiary/aromatic N) is 1. The van der Waals surface area contributed by atoms with Gasteiger partial charge in [-0.25, -0.2) is 0 Å². The maximum Gasteiger partial charge on any atom is 0.124 e. The summed E-state index contributed by atoms with van der Waals surface area (Å²) in [7, 11) is 0. The molecule has 2 atom stereocenters. The van der Waals surface area contributed by atoms with Gasteiger partial charge in [-0.3, -0.25) is 4.90 Å². The van der Waals surface area contributed by atoms with Crippen molar-refractivity contribution in [3.05, 3.63) is 35.9 Å². The van der Waals surface area contributed by atoms with Gasteiger partial charge in [0.15, 0.2) is 0 Å². The van der Waals surface area contributed by atoms with Gasteiger partial charge in [-0.1, -0.05) is 37.3 Å². The van der Waals surface area contributed by atoms with Crippen molar-refractivity contribution in [3.63, 3.8) is 0 Å². The maximum absolute atomic E-state index is 10.9. The quantitative estimate of drug-likeness (QED) is 0.724. The molecule has 2 rings (SSSR count). The van der Waals surface area contributed by atoms with E-state index in [0.717, 1.165) is 32.3 Å². The van der Waals surface area contributed by atoms with Crippen molar-refractivity contribution >= 4 is 6.29 Å². The summed E-state index contributed by atoms with van der Waals surface area (Å²) in [5.41, 5.74) is 1.33. The fraction of sp³-hybridized carbons (Fsp3) is 0.500. The second-order valence-corrected chi connectivity index (χ2v) is 4.79. The Morgan fingerprint density at radius 3 is 2.81 bits per heavy atom. The van der Waals surface area contributed by atoms with Crippen molar-refractivity contribution < 1.29 is 4.79 Å². The molecule has 0 aromatic heterocycles. The van der Waals surface area contributed by atoms with Crippen molar-refractivity contribution in [1.82, 2.24) is 4.90 Å². The number of piperidine rings is 1. The van der Waals surface area contributed by atoms with E-state index in [-0.39, 0.29) is 5.92 Å². The van der Waals surface area contributed by atoms with Gasteiger partial charge in [0, 0.05) is 19.0 Å². The molecule has 1 aromatic carbocycles. The zero-order valence-corrected chi connectivity index (χ0v) is 9.80. The van der Waals surface area contributed by atoms with Gasteiger partial charge in [0.25, 0.3) is 0 Å². The zero-order chi connectivity index (χ0) is 11.4. The van der Waals surface area contributed by atoms with Crippen molar-refractivity contribution in [2.24, 2.45) is 11.8 Å². The number of carbonyl (C=O) groups excluding carboxylic acids is 1. The third kappa shape index (κ3) is 2.70. The van der Waals surface area contributed by atoms with E-state index in [1.54, 1.807) is 0 Å². The van der Waals surface area contributed by atoms with Crippen molar-refractivity contribution in [2.45, 2.75) is 19.9 Å².